The molecule has 0 bridgehead atoms. The van der Waals surface area contributed by atoms with Crippen molar-refractivity contribution in [2.24, 2.45) is 0 Å². The number of phenols is 1. The van der Waals surface area contributed by atoms with Crippen molar-refractivity contribution in [3.8, 4) is 17.1 Å². The van der Waals surface area contributed by atoms with E-state index in [2.05, 4.69) is 34.0 Å². The molecule has 1 aromatic carbocycles. The number of phenolic OH excluding ortho intramolecular Hbond substituents is 1. The molecule has 0 radical (unpaired) electrons. The van der Waals surface area contributed by atoms with Gasteiger partial charge in [0.05, 0.1) is 10.7 Å². The number of fused-ring (bicyclic) bond motifs is 3. The number of rotatable bonds is 2. The zero-order valence-electron chi connectivity index (χ0n) is 14.0. The van der Waals surface area contributed by atoms with Crippen molar-refractivity contribution in [3.63, 3.8) is 0 Å². The van der Waals surface area contributed by atoms with Gasteiger partial charge < -0.3 is 5.11 Å². The number of hydrogen-bond acceptors (Lipinski definition) is 5. The molecule has 0 aliphatic rings. The van der Waals surface area contributed by atoms with Crippen molar-refractivity contribution in [2.75, 3.05) is 0 Å². The van der Waals surface area contributed by atoms with Gasteiger partial charge in [-0.05, 0) is 42.7 Å². The normalized spacial score (nSPS) is 11.7. The first kappa shape index (κ1) is 15.8. The molecule has 0 fully saturated rings. The first-order valence-electron chi connectivity index (χ1n) is 7.96. The first-order valence-corrected chi connectivity index (χ1v) is 8.34. The Kier molecular flexibility index (Phi) is 3.58. The Bertz CT molecular complexity index is 1120. The van der Waals surface area contributed by atoms with Crippen LogP contribution < -0.4 is 0 Å². The van der Waals surface area contributed by atoms with Gasteiger partial charge in [-0.2, -0.15) is 0 Å². The van der Waals surface area contributed by atoms with Gasteiger partial charge in [0.15, 0.2) is 17.1 Å². The Hall–Kier alpha value is -2.73. The minimum absolute atomic E-state index is 0.112. The van der Waals surface area contributed by atoms with Crippen LogP contribution in [0.2, 0.25) is 5.02 Å². The summed E-state index contributed by atoms with van der Waals surface area (Å²) in [5.74, 6) is 0.994. The number of nitrogens with zero attached hydrogens (tertiary/aromatic N) is 5. The maximum atomic E-state index is 9.83. The van der Waals surface area contributed by atoms with Gasteiger partial charge >= 0.3 is 0 Å². The molecule has 25 heavy (non-hydrogen) atoms. The van der Waals surface area contributed by atoms with Crippen molar-refractivity contribution >= 4 is 28.4 Å². The number of aromatic hydroxyl groups is 1. The molecule has 4 aromatic rings. The molecule has 4 rings (SSSR count). The number of hydrogen-bond donors (Lipinski definition) is 1. The molecule has 0 saturated heterocycles. The number of aromatic nitrogens is 5. The summed E-state index contributed by atoms with van der Waals surface area (Å²) in [5.41, 5.74) is 4.51. The Labute approximate surface area is 149 Å². The summed E-state index contributed by atoms with van der Waals surface area (Å²) in [5, 5.41) is 18.8. The smallest absolute Gasteiger partial charge is 0.184 e. The molecule has 126 valence electrons. The van der Waals surface area contributed by atoms with Gasteiger partial charge in [-0.25, -0.2) is 9.97 Å². The van der Waals surface area contributed by atoms with E-state index in [1.54, 1.807) is 12.1 Å². The summed E-state index contributed by atoms with van der Waals surface area (Å²) >= 11 is 6.32. The Morgan fingerprint density at radius 2 is 1.92 bits per heavy atom. The second kappa shape index (κ2) is 5.67. The average Bonchev–Trinajstić information content (AvgIpc) is 3.02. The molecule has 3 aromatic heterocycles. The summed E-state index contributed by atoms with van der Waals surface area (Å²) in [6, 6.07) is 6.77. The fourth-order valence-electron chi connectivity index (χ4n) is 2.84. The Morgan fingerprint density at radius 3 is 2.68 bits per heavy atom. The third kappa shape index (κ3) is 2.49. The molecule has 7 heteroatoms. The van der Waals surface area contributed by atoms with Crippen molar-refractivity contribution in [3.05, 3.63) is 46.7 Å². The topological polar surface area (TPSA) is 76.2 Å². The highest BCUT2D eigenvalue weighted by atomic mass is 35.5. The van der Waals surface area contributed by atoms with Gasteiger partial charge in [-0.3, -0.25) is 4.40 Å². The molecule has 1 N–H and O–H groups in total. The molecular weight excluding hydrogens is 338 g/mol. The number of halogens is 1. The maximum absolute atomic E-state index is 9.83. The lowest BCUT2D eigenvalue weighted by Gasteiger charge is -2.10. The maximum Gasteiger partial charge on any atom is 0.184 e. The lowest BCUT2D eigenvalue weighted by molar-refractivity contribution is 0.475. The predicted octanol–water partition coefficient (Wildman–Crippen LogP) is 4.13. The van der Waals surface area contributed by atoms with Gasteiger partial charge in [0, 0.05) is 11.8 Å². The van der Waals surface area contributed by atoms with E-state index in [1.807, 2.05) is 23.6 Å². The summed E-state index contributed by atoms with van der Waals surface area (Å²) < 4.78 is 1.84. The van der Waals surface area contributed by atoms with Crippen LogP contribution >= 0.6 is 11.6 Å². The van der Waals surface area contributed by atoms with Gasteiger partial charge in [-0.15, -0.1) is 10.2 Å². The van der Waals surface area contributed by atoms with Gasteiger partial charge in [0.25, 0.3) is 0 Å². The molecule has 0 amide bonds. The molecule has 0 atom stereocenters. The largest absolute Gasteiger partial charge is 0.508 e. The first-order chi connectivity index (χ1) is 12.0. The van der Waals surface area contributed by atoms with Crippen LogP contribution in [0.1, 0.15) is 31.0 Å². The molecule has 3 heterocycles. The van der Waals surface area contributed by atoms with Gasteiger partial charge in [-0.1, -0.05) is 25.4 Å². The highest BCUT2D eigenvalue weighted by molar-refractivity contribution is 6.33. The SMILES string of the molecule is Cc1nc2cc(C(C)C)cnc2n2c(-c3cc(O)ccc3Cl)nnc12. The van der Waals surface area contributed by atoms with Crippen LogP contribution in [0.4, 0.5) is 0 Å². The molecular formula is C18H16ClN5O. The van der Waals surface area contributed by atoms with E-state index in [0.717, 1.165) is 16.8 Å². The van der Waals surface area contributed by atoms with Crippen molar-refractivity contribution in [1.29, 1.82) is 0 Å². The van der Waals surface area contributed by atoms with Crippen LogP contribution in [0.5, 0.6) is 5.75 Å². The summed E-state index contributed by atoms with van der Waals surface area (Å²) in [6.45, 7) is 6.12. The van der Waals surface area contributed by atoms with E-state index in [-0.39, 0.29) is 5.75 Å². The summed E-state index contributed by atoms with van der Waals surface area (Å²) in [4.78, 5) is 9.22. The molecule has 0 aliphatic heterocycles. The molecule has 0 saturated carbocycles. The quantitative estimate of drug-likeness (QED) is 0.586. The fourth-order valence-corrected chi connectivity index (χ4v) is 3.04. The minimum atomic E-state index is 0.112. The van der Waals surface area contributed by atoms with Crippen LogP contribution in [0.3, 0.4) is 0 Å². The van der Waals surface area contributed by atoms with Crippen LogP contribution in [0, 0.1) is 6.92 Å². The number of aryl methyl sites for hydroxylation is 1. The Balaban J connectivity index is 2.10. The van der Waals surface area contributed by atoms with Crippen LogP contribution in [0.25, 0.3) is 28.2 Å². The lowest BCUT2D eigenvalue weighted by Crippen LogP contribution is -2.01. The monoisotopic (exact) mass is 353 g/mol. The number of pyridine rings is 1. The second-order valence-corrected chi connectivity index (χ2v) is 6.72. The van der Waals surface area contributed by atoms with Crippen molar-refractivity contribution in [2.45, 2.75) is 26.7 Å². The molecule has 6 nitrogen and oxygen atoms in total. The average molecular weight is 354 g/mol. The third-order valence-corrected chi connectivity index (χ3v) is 4.54. The van der Waals surface area contributed by atoms with Gasteiger partial charge in [0.2, 0.25) is 0 Å². The molecule has 0 spiro atoms. The second-order valence-electron chi connectivity index (χ2n) is 6.31. The summed E-state index contributed by atoms with van der Waals surface area (Å²) in [7, 11) is 0. The van der Waals surface area contributed by atoms with E-state index in [4.69, 9.17) is 11.6 Å². The molecule has 0 aliphatic carbocycles. The van der Waals surface area contributed by atoms with Crippen LogP contribution in [-0.2, 0) is 0 Å². The van der Waals surface area contributed by atoms with E-state index < -0.39 is 0 Å². The van der Waals surface area contributed by atoms with E-state index >= 15 is 0 Å². The van der Waals surface area contributed by atoms with Crippen LogP contribution in [0.15, 0.2) is 30.5 Å². The standard InChI is InChI=1S/C18H16ClN5O/c1-9(2)11-6-15-18(20-8-11)24-16(10(3)21-15)22-23-17(24)13-7-12(25)4-5-14(13)19/h4-9,25H,1-3H3. The number of benzene rings is 1. The predicted molar refractivity (Wildman–Crippen MR) is 97.0 cm³/mol. The summed E-state index contributed by atoms with van der Waals surface area (Å²) in [6.07, 6.45) is 1.84. The molecule has 0 unspecified atom stereocenters. The Morgan fingerprint density at radius 1 is 1.12 bits per heavy atom. The van der Waals surface area contributed by atoms with Crippen molar-refractivity contribution < 1.29 is 5.11 Å². The van der Waals surface area contributed by atoms with E-state index in [0.29, 0.717) is 33.6 Å². The highest BCUT2D eigenvalue weighted by Gasteiger charge is 2.18. The highest BCUT2D eigenvalue weighted by Crippen LogP contribution is 2.32. The fraction of sp³-hybridized carbons (Fsp3) is 0.222. The zero-order chi connectivity index (χ0) is 17.7. The third-order valence-electron chi connectivity index (χ3n) is 4.21. The zero-order valence-corrected chi connectivity index (χ0v) is 14.8. The van der Waals surface area contributed by atoms with Crippen molar-refractivity contribution in [1.82, 2.24) is 24.6 Å². The van der Waals surface area contributed by atoms with Gasteiger partial charge in [0.1, 0.15) is 11.3 Å². The minimum Gasteiger partial charge on any atom is -0.508 e. The lowest BCUT2D eigenvalue weighted by atomic mass is 10.1. The van der Waals surface area contributed by atoms with E-state index in [1.165, 1.54) is 6.07 Å². The van der Waals surface area contributed by atoms with Crippen LogP contribution in [-0.4, -0.2) is 29.7 Å². The van der Waals surface area contributed by atoms with E-state index in [9.17, 15) is 5.11 Å².